The van der Waals surface area contributed by atoms with E-state index in [4.69, 9.17) is 11.6 Å². The molecule has 1 aromatic heterocycles. The number of halogens is 4. The van der Waals surface area contributed by atoms with Crippen molar-refractivity contribution in [2.75, 3.05) is 11.6 Å². The van der Waals surface area contributed by atoms with E-state index in [1.54, 1.807) is 0 Å². The summed E-state index contributed by atoms with van der Waals surface area (Å²) >= 11 is 7.39. The zero-order valence-corrected chi connectivity index (χ0v) is 10.1. The summed E-state index contributed by atoms with van der Waals surface area (Å²) in [4.78, 5) is 0. The molecular formula is C7H8ClF3N2S2. The Balaban J connectivity index is 2.54. The zero-order chi connectivity index (χ0) is 11.5. The highest BCUT2D eigenvalue weighted by Crippen LogP contribution is 2.34. The van der Waals surface area contributed by atoms with Gasteiger partial charge in [-0.1, -0.05) is 30.0 Å². The summed E-state index contributed by atoms with van der Waals surface area (Å²) in [6.07, 6.45) is -4.39. The molecule has 0 aliphatic carbocycles. The lowest BCUT2D eigenvalue weighted by Crippen LogP contribution is -2.03. The molecule has 0 aliphatic heterocycles. The van der Waals surface area contributed by atoms with Gasteiger partial charge < -0.3 is 0 Å². The number of thioether (sulfide) groups is 1. The third kappa shape index (κ3) is 4.16. The molecule has 0 aromatic carbocycles. The van der Waals surface area contributed by atoms with Crippen LogP contribution in [0, 0.1) is 5.92 Å². The van der Waals surface area contributed by atoms with Gasteiger partial charge in [0.15, 0.2) is 4.34 Å². The van der Waals surface area contributed by atoms with Crippen LogP contribution >= 0.6 is 34.7 Å². The smallest absolute Gasteiger partial charge is 0.164 e. The number of nitrogens with zero attached hydrogens (tertiary/aromatic N) is 2. The molecule has 0 amide bonds. The molecule has 0 bridgehead atoms. The van der Waals surface area contributed by atoms with Crippen LogP contribution in [0.4, 0.5) is 13.2 Å². The van der Waals surface area contributed by atoms with Crippen LogP contribution in [0.2, 0.25) is 0 Å². The van der Waals surface area contributed by atoms with Crippen LogP contribution in [-0.4, -0.2) is 21.8 Å². The maximum absolute atomic E-state index is 12.1. The van der Waals surface area contributed by atoms with E-state index >= 15 is 0 Å². The lowest BCUT2D eigenvalue weighted by atomic mass is 10.3. The largest absolute Gasteiger partial charge is 0.445 e. The molecule has 0 aliphatic rings. The maximum Gasteiger partial charge on any atom is 0.445 e. The number of alkyl halides is 4. The molecule has 2 nitrogen and oxygen atoms in total. The molecule has 0 fully saturated rings. The Bertz CT molecular complexity index is 315. The molecule has 1 heterocycles. The van der Waals surface area contributed by atoms with E-state index in [1.807, 2.05) is 6.92 Å². The summed E-state index contributed by atoms with van der Waals surface area (Å²) in [5.74, 6) is 1.38. The topological polar surface area (TPSA) is 25.8 Å². The first-order valence-corrected chi connectivity index (χ1v) is 6.36. The first-order chi connectivity index (χ1) is 6.93. The fourth-order valence-corrected chi connectivity index (χ4v) is 2.64. The Labute approximate surface area is 98.2 Å². The van der Waals surface area contributed by atoms with Gasteiger partial charge in [-0.15, -0.1) is 21.8 Å². The van der Waals surface area contributed by atoms with Crippen LogP contribution in [0.5, 0.6) is 0 Å². The quantitative estimate of drug-likeness (QED) is 0.622. The standard InChI is InChI=1S/C7H8ClF3N2S2/c1-4(2-8)3-14-6-13-12-5(15-6)7(9,10)11/h4H,2-3H2,1H3. The van der Waals surface area contributed by atoms with Gasteiger partial charge in [0.2, 0.25) is 5.01 Å². The average Bonchev–Trinajstić information content (AvgIpc) is 2.61. The van der Waals surface area contributed by atoms with Crippen LogP contribution in [0.3, 0.4) is 0 Å². The van der Waals surface area contributed by atoms with Crippen molar-refractivity contribution in [1.29, 1.82) is 0 Å². The molecule has 1 aromatic rings. The normalized spacial score (nSPS) is 14.2. The van der Waals surface area contributed by atoms with Gasteiger partial charge in [0.25, 0.3) is 0 Å². The monoisotopic (exact) mass is 276 g/mol. The van der Waals surface area contributed by atoms with Gasteiger partial charge in [-0.05, 0) is 5.92 Å². The lowest BCUT2D eigenvalue weighted by Gasteiger charge is -2.02. The first kappa shape index (κ1) is 13.1. The van der Waals surface area contributed by atoms with Gasteiger partial charge in [-0.2, -0.15) is 13.2 Å². The van der Waals surface area contributed by atoms with Crippen molar-refractivity contribution in [1.82, 2.24) is 10.2 Å². The second-order valence-electron chi connectivity index (χ2n) is 2.94. The lowest BCUT2D eigenvalue weighted by molar-refractivity contribution is -0.138. The maximum atomic E-state index is 12.1. The van der Waals surface area contributed by atoms with Gasteiger partial charge in [0.05, 0.1) is 0 Å². The van der Waals surface area contributed by atoms with Crippen LogP contribution in [0.15, 0.2) is 4.34 Å². The third-order valence-corrected chi connectivity index (χ3v) is 4.36. The molecule has 0 saturated carbocycles. The zero-order valence-electron chi connectivity index (χ0n) is 7.71. The fraction of sp³-hybridized carbons (Fsp3) is 0.714. The summed E-state index contributed by atoms with van der Waals surface area (Å²) in [7, 11) is 0. The molecule has 86 valence electrons. The van der Waals surface area contributed by atoms with Crippen molar-refractivity contribution in [3.05, 3.63) is 5.01 Å². The molecule has 0 N–H and O–H groups in total. The molecule has 8 heteroatoms. The van der Waals surface area contributed by atoms with E-state index in [1.165, 1.54) is 11.8 Å². The van der Waals surface area contributed by atoms with Crippen LogP contribution in [0.1, 0.15) is 11.9 Å². The van der Waals surface area contributed by atoms with Crippen molar-refractivity contribution in [2.24, 2.45) is 5.92 Å². The van der Waals surface area contributed by atoms with Crippen LogP contribution in [0.25, 0.3) is 0 Å². The highest BCUT2D eigenvalue weighted by molar-refractivity contribution is 8.01. The molecule has 0 saturated heterocycles. The molecule has 0 spiro atoms. The van der Waals surface area contributed by atoms with Crippen molar-refractivity contribution < 1.29 is 13.2 Å². The van der Waals surface area contributed by atoms with Crippen molar-refractivity contribution in [2.45, 2.75) is 17.4 Å². The number of rotatable bonds is 4. The first-order valence-electron chi connectivity index (χ1n) is 4.03. The Kier molecular flexibility index (Phi) is 4.66. The molecule has 0 radical (unpaired) electrons. The predicted octanol–water partition coefficient (Wildman–Crippen LogP) is 3.52. The van der Waals surface area contributed by atoms with Crippen molar-refractivity contribution in [3.8, 4) is 0 Å². The summed E-state index contributed by atoms with van der Waals surface area (Å²) < 4.78 is 36.8. The Morgan fingerprint density at radius 1 is 1.47 bits per heavy atom. The van der Waals surface area contributed by atoms with E-state index in [2.05, 4.69) is 10.2 Å². The summed E-state index contributed by atoms with van der Waals surface area (Å²) in [5, 5.41) is 5.64. The van der Waals surface area contributed by atoms with Gasteiger partial charge >= 0.3 is 6.18 Å². The average molecular weight is 277 g/mol. The van der Waals surface area contributed by atoms with Gasteiger partial charge in [-0.25, -0.2) is 0 Å². The SMILES string of the molecule is CC(CCl)CSc1nnc(C(F)(F)F)s1. The Hall–Kier alpha value is -0.0100. The second-order valence-corrected chi connectivity index (χ2v) is 5.49. The number of aromatic nitrogens is 2. The minimum Gasteiger partial charge on any atom is -0.164 e. The molecule has 1 atom stereocenters. The van der Waals surface area contributed by atoms with Crippen LogP contribution < -0.4 is 0 Å². The summed E-state index contributed by atoms with van der Waals surface area (Å²) in [5.41, 5.74) is 0. The van der Waals surface area contributed by atoms with E-state index < -0.39 is 11.2 Å². The van der Waals surface area contributed by atoms with E-state index in [-0.39, 0.29) is 5.92 Å². The number of hydrogen-bond acceptors (Lipinski definition) is 4. The molecule has 15 heavy (non-hydrogen) atoms. The summed E-state index contributed by atoms with van der Waals surface area (Å²) in [6.45, 7) is 1.92. The summed E-state index contributed by atoms with van der Waals surface area (Å²) in [6, 6.07) is 0. The van der Waals surface area contributed by atoms with E-state index in [0.717, 1.165) is 0 Å². The van der Waals surface area contributed by atoms with E-state index in [0.29, 0.717) is 27.3 Å². The predicted molar refractivity (Wildman–Crippen MR) is 55.5 cm³/mol. The highest BCUT2D eigenvalue weighted by atomic mass is 35.5. The molecule has 1 rings (SSSR count). The fourth-order valence-electron chi connectivity index (χ4n) is 0.641. The van der Waals surface area contributed by atoms with E-state index in [9.17, 15) is 13.2 Å². The minimum atomic E-state index is -4.39. The third-order valence-electron chi connectivity index (χ3n) is 1.40. The van der Waals surface area contributed by atoms with Gasteiger partial charge in [0, 0.05) is 11.6 Å². The number of hydrogen-bond donors (Lipinski definition) is 0. The van der Waals surface area contributed by atoms with Gasteiger partial charge in [0.1, 0.15) is 0 Å². The van der Waals surface area contributed by atoms with Gasteiger partial charge in [-0.3, -0.25) is 0 Å². The molecular weight excluding hydrogens is 269 g/mol. The van der Waals surface area contributed by atoms with Crippen molar-refractivity contribution >= 4 is 34.7 Å². The second kappa shape index (κ2) is 5.36. The minimum absolute atomic E-state index is 0.245. The Morgan fingerprint density at radius 2 is 2.13 bits per heavy atom. The highest BCUT2D eigenvalue weighted by Gasteiger charge is 2.35. The van der Waals surface area contributed by atoms with Crippen LogP contribution in [-0.2, 0) is 6.18 Å². The molecule has 1 unspecified atom stereocenters. The Morgan fingerprint density at radius 3 is 2.60 bits per heavy atom. The van der Waals surface area contributed by atoms with Crippen molar-refractivity contribution in [3.63, 3.8) is 0 Å².